The van der Waals surface area contributed by atoms with Crippen molar-refractivity contribution in [2.45, 2.75) is 99.2 Å². The molecule has 0 radical (unpaired) electrons. The molecule has 0 aliphatic heterocycles. The van der Waals surface area contributed by atoms with Crippen molar-refractivity contribution in [2.24, 2.45) is 7.05 Å². The van der Waals surface area contributed by atoms with Crippen LogP contribution in [0.2, 0.25) is 10.2 Å². The molecular formula is C99H92Cl2K2N14O10S2-2. The number of amides is 5. The average molecular weight is 1850 g/mol. The van der Waals surface area contributed by atoms with E-state index in [2.05, 4.69) is 128 Å². The van der Waals surface area contributed by atoms with E-state index < -0.39 is 0 Å². The molecule has 0 saturated carbocycles. The Balaban J connectivity index is 0.000000175. The molecular weight excluding hydrogens is 1760 g/mol. The number of benzene rings is 10. The van der Waals surface area contributed by atoms with Crippen LogP contribution in [0.4, 0.5) is 32.1 Å². The van der Waals surface area contributed by atoms with Gasteiger partial charge in [0.05, 0.1) is 62.9 Å². The van der Waals surface area contributed by atoms with E-state index >= 15 is 0 Å². The molecule has 0 aliphatic rings. The first-order valence-corrected chi connectivity index (χ1v) is 42.3. The van der Waals surface area contributed by atoms with Crippen LogP contribution in [0.3, 0.4) is 0 Å². The first-order chi connectivity index (χ1) is 61.2. The number of carbonyl (C=O) groups is 5. The van der Waals surface area contributed by atoms with Crippen molar-refractivity contribution in [3.8, 4) is 17.2 Å². The van der Waals surface area contributed by atoms with Gasteiger partial charge in [0.25, 0.3) is 11.8 Å². The maximum atomic E-state index is 12.4. The van der Waals surface area contributed by atoms with Gasteiger partial charge in [-0.25, -0.2) is 25.1 Å². The fourth-order valence-electron chi connectivity index (χ4n) is 11.8. The number of pyridine rings is 1. The van der Waals surface area contributed by atoms with Gasteiger partial charge in [0.1, 0.15) is 41.1 Å². The van der Waals surface area contributed by atoms with Gasteiger partial charge in [-0.15, -0.1) is 36.7 Å². The molecule has 0 aliphatic carbocycles. The van der Waals surface area contributed by atoms with Crippen LogP contribution in [0, 0.1) is 45.3 Å². The minimum Gasteiger partial charge on any atom is -0.494 e. The molecule has 17 rings (SSSR count). The number of carbonyl (C=O) groups excluding carboxylic acids is 5. The van der Waals surface area contributed by atoms with Gasteiger partial charge < -0.3 is 49.8 Å². The number of nitrogens with one attached hydrogen (secondary N) is 5. The third-order valence-corrected chi connectivity index (χ3v) is 20.8. The van der Waals surface area contributed by atoms with Crippen molar-refractivity contribution in [2.75, 3.05) is 33.7 Å². The van der Waals surface area contributed by atoms with Crippen molar-refractivity contribution in [3.05, 3.63) is 376 Å². The number of hydrogen-bond donors (Lipinski definition) is 5. The van der Waals surface area contributed by atoms with Crippen LogP contribution in [0.15, 0.2) is 288 Å². The number of aromatic nitrogens is 9. The molecule has 30 heteroatoms. The molecule has 648 valence electrons. The minimum atomic E-state index is -0.280. The van der Waals surface area contributed by atoms with Crippen molar-refractivity contribution in [1.82, 2.24) is 44.8 Å². The molecule has 0 atom stereocenters. The molecule has 24 nitrogen and oxygen atoms in total. The number of thiazole rings is 2. The summed E-state index contributed by atoms with van der Waals surface area (Å²) in [6.07, 6.45) is 7.50. The van der Waals surface area contributed by atoms with Crippen molar-refractivity contribution in [3.63, 3.8) is 0 Å². The standard InChI is InChI=1S/C23H20N2O3S.C22H18N2O2S.C16H11N2O.C12H12ClN3O.C12H11ClN3O.2C7H10NO.2K/c1-27-19-8-5-9-20-22(19)25-23(29-20)24-21(26)14-16-10-12-18(13-11-16)28-15-17-6-3-2-4-7-17;25-21(24-22-23-19-8-4-5-9-20(19)27-22)14-16-10-12-18(13-11-16)26-15-17-6-2-1-3-7-17;19-16(18-13-8-2-1-3-9-13)14-10-4-6-12-7-5-11-17-15(12)14;1-8-7-9(2)16(15-8)12(17)14-11-5-3-10(13)4-6-11;1-8-10(11(13)16(2)15-8)12(17)14-9-6-4-3-5-7-9;2*1-7(2,3)6-4-5-8-9-6;;/h2-13H,14-15H2,1H3,(H,24,25,26);1-13H,14-15H2,(H,23,24,25);2-11H,(H,18,19);3-7H,1-2H3,(H,14,17);4-7H,1-2H3,(H,14,17);2*4H,1-3H3;;/q;;-1;;3*-1;2*+1. The van der Waals surface area contributed by atoms with Crippen LogP contribution in [0.5, 0.6) is 17.2 Å². The molecule has 0 spiro atoms. The molecule has 0 fully saturated rings. The normalized spacial score (nSPS) is 10.5. The SMILES string of the molecule is CC(C)(C)c1c[c-]no1.CC(C)(C)c1c[c-]no1.COc1cccc2sc(NC(=O)Cc3ccc(OCc4ccccc4)cc3)nc12.Cc1cc(C)n(C(=O)Nc2ccc(Cl)cc2)n1.Cc1nn(C)c(Cl)c1C(=O)Nc1cc[c-]cc1.O=C(Cc1ccc(OCc2ccccc2)cc1)Nc1nc2ccccc2s1.O=C(Nc1cc[c-]cc1)c1cccc2cccnc12.[K+].[K+]. The zero-order chi connectivity index (χ0) is 90.2. The average Bonchev–Trinajstić information content (AvgIpc) is 1.51. The number of halogens is 2. The monoisotopic (exact) mass is 1850 g/mol. The van der Waals surface area contributed by atoms with E-state index in [9.17, 15) is 24.0 Å². The summed E-state index contributed by atoms with van der Waals surface area (Å²) in [5.41, 5.74) is 11.9. The van der Waals surface area contributed by atoms with Crippen LogP contribution in [-0.2, 0) is 53.5 Å². The second-order valence-electron chi connectivity index (χ2n) is 30.3. The molecule has 7 aromatic heterocycles. The quantitative estimate of drug-likeness (QED) is 0.0394. The number of anilines is 5. The van der Waals surface area contributed by atoms with Crippen LogP contribution in [0.25, 0.3) is 31.3 Å². The molecule has 5 amide bonds. The number of hydrogen-bond acceptors (Lipinski definition) is 19. The summed E-state index contributed by atoms with van der Waals surface area (Å²) < 4.78 is 31.5. The number of ether oxygens (including phenoxy) is 3. The Morgan fingerprint density at radius 1 is 0.496 bits per heavy atom. The zero-order valence-corrected chi connectivity index (χ0v) is 83.0. The summed E-state index contributed by atoms with van der Waals surface area (Å²) in [6.45, 7) is 18.9. The van der Waals surface area contributed by atoms with E-state index in [1.165, 1.54) is 32.0 Å². The number of para-hydroxylation sites is 3. The summed E-state index contributed by atoms with van der Waals surface area (Å²) in [4.78, 5) is 74.0. The third kappa shape index (κ3) is 32.2. The van der Waals surface area contributed by atoms with E-state index in [1.807, 2.05) is 196 Å². The van der Waals surface area contributed by atoms with Crippen LogP contribution in [0.1, 0.15) is 113 Å². The summed E-state index contributed by atoms with van der Waals surface area (Å²) in [7, 11) is 3.31. The van der Waals surface area contributed by atoms with Crippen LogP contribution >= 0.6 is 45.9 Å². The Morgan fingerprint density at radius 3 is 1.47 bits per heavy atom. The molecule has 17 aromatic rings. The predicted octanol–water partition coefficient (Wildman–Crippen LogP) is 16.6. The van der Waals surface area contributed by atoms with Crippen molar-refractivity contribution >= 4 is 134 Å². The van der Waals surface area contributed by atoms with Crippen molar-refractivity contribution < 1.29 is 150 Å². The van der Waals surface area contributed by atoms with E-state index in [1.54, 1.807) is 118 Å². The fourth-order valence-corrected chi connectivity index (χ4v) is 14.0. The van der Waals surface area contributed by atoms with Gasteiger partial charge in [-0.3, -0.25) is 28.8 Å². The molecule has 7 heterocycles. The van der Waals surface area contributed by atoms with Gasteiger partial charge in [-0.2, -0.15) is 63.4 Å². The Bertz CT molecular complexity index is 6300. The van der Waals surface area contributed by atoms with Gasteiger partial charge in [0.15, 0.2) is 10.3 Å². The first kappa shape index (κ1) is 102. The van der Waals surface area contributed by atoms with Gasteiger partial charge in [0, 0.05) is 35.0 Å². The first-order valence-electron chi connectivity index (χ1n) is 39.9. The molecule has 0 saturated heterocycles. The number of aryl methyl sites for hydroxylation is 4. The Hall–Kier alpha value is -11.2. The Kier molecular flexibility index (Phi) is 39.9. The second-order valence-corrected chi connectivity index (χ2v) is 33.1. The maximum absolute atomic E-state index is 12.4. The van der Waals surface area contributed by atoms with E-state index in [-0.39, 0.29) is 150 Å². The van der Waals surface area contributed by atoms with Gasteiger partial charge in [-0.05, 0) is 156 Å². The molecule has 10 aromatic carbocycles. The van der Waals surface area contributed by atoms with Crippen LogP contribution in [-0.4, -0.2) is 81.6 Å². The van der Waals surface area contributed by atoms with Gasteiger partial charge >= 0.3 is 109 Å². The topological polar surface area (TPSA) is 300 Å². The maximum Gasteiger partial charge on any atom is 1.00 e. The Labute approximate surface area is 852 Å². The second kappa shape index (κ2) is 50.7. The Morgan fingerprint density at radius 2 is 0.984 bits per heavy atom. The number of fused-ring (bicyclic) bond motifs is 3. The predicted molar refractivity (Wildman–Crippen MR) is 502 cm³/mol. The number of methoxy groups -OCH3 is 1. The summed E-state index contributed by atoms with van der Waals surface area (Å²) in [5.74, 6) is 3.41. The van der Waals surface area contributed by atoms with Crippen LogP contribution < -0.4 is 144 Å². The molecule has 5 N–H and O–H groups in total. The molecule has 0 bridgehead atoms. The van der Waals surface area contributed by atoms with E-state index in [4.69, 9.17) is 46.5 Å². The summed E-state index contributed by atoms with van der Waals surface area (Å²) >= 11 is 14.7. The largest absolute Gasteiger partial charge is 1.00 e. The minimum absolute atomic E-state index is 0. The van der Waals surface area contributed by atoms with E-state index in [0.29, 0.717) is 79.5 Å². The number of nitrogens with zero attached hydrogens (tertiary/aromatic N) is 9. The van der Waals surface area contributed by atoms with Gasteiger partial charge in [0.2, 0.25) is 11.8 Å². The van der Waals surface area contributed by atoms with E-state index in [0.717, 1.165) is 88.2 Å². The van der Waals surface area contributed by atoms with Crippen molar-refractivity contribution in [1.29, 1.82) is 0 Å². The fraction of sp³-hybridized carbons (Fsp3) is 0.172. The summed E-state index contributed by atoms with van der Waals surface area (Å²) in [6, 6.07) is 90.1. The van der Waals surface area contributed by atoms with Gasteiger partial charge in [-0.1, -0.05) is 220 Å². The third-order valence-electron chi connectivity index (χ3n) is 18.2. The molecule has 0 unspecified atom stereocenters. The summed E-state index contributed by atoms with van der Waals surface area (Å²) in [5, 5.41) is 32.4. The number of rotatable bonds is 18. The smallest absolute Gasteiger partial charge is 0.494 e. The molecule has 129 heavy (non-hydrogen) atoms. The zero-order valence-electron chi connectivity index (χ0n) is 73.6.